The van der Waals surface area contributed by atoms with Gasteiger partial charge in [-0.1, -0.05) is 36.8 Å². The standard InChI is InChI=1S/C23H24N4O3/c1-4-13-26-22(28)20-21(27(23(26)29)18-9-5-16(2)6-10-18)24-15-25(20)14-17-7-11-19(30-3)12-8-17/h5-12,15H,4,13-14H2,1-3H3. The number of ether oxygens (including phenoxy) is 1. The first-order chi connectivity index (χ1) is 14.5. The Morgan fingerprint density at radius 3 is 2.33 bits per heavy atom. The van der Waals surface area contributed by atoms with Crippen LogP contribution in [0.15, 0.2) is 64.4 Å². The molecule has 0 bridgehead atoms. The number of hydrogen-bond donors (Lipinski definition) is 0. The average Bonchev–Trinajstić information content (AvgIpc) is 3.16. The summed E-state index contributed by atoms with van der Waals surface area (Å²) in [6, 6.07) is 15.3. The van der Waals surface area contributed by atoms with Crippen LogP contribution in [0.3, 0.4) is 0 Å². The molecule has 30 heavy (non-hydrogen) atoms. The number of imidazole rings is 1. The Morgan fingerprint density at radius 2 is 1.70 bits per heavy atom. The molecule has 0 unspecified atom stereocenters. The maximum absolute atomic E-state index is 13.2. The number of fused-ring (bicyclic) bond motifs is 1. The second kappa shape index (κ2) is 8.02. The van der Waals surface area contributed by atoms with E-state index < -0.39 is 0 Å². The van der Waals surface area contributed by atoms with E-state index in [1.54, 1.807) is 18.0 Å². The molecule has 2 aromatic heterocycles. The monoisotopic (exact) mass is 404 g/mol. The van der Waals surface area contributed by atoms with Crippen LogP contribution >= 0.6 is 0 Å². The summed E-state index contributed by atoms with van der Waals surface area (Å²) < 4.78 is 9.84. The zero-order chi connectivity index (χ0) is 21.3. The molecule has 2 heterocycles. The van der Waals surface area contributed by atoms with E-state index in [0.717, 1.165) is 16.9 Å². The van der Waals surface area contributed by atoms with E-state index in [2.05, 4.69) is 4.98 Å². The topological polar surface area (TPSA) is 71.0 Å². The zero-order valence-corrected chi connectivity index (χ0v) is 17.3. The Bertz CT molecular complexity index is 1300. The van der Waals surface area contributed by atoms with Crippen molar-refractivity contribution in [2.75, 3.05) is 7.11 Å². The normalized spacial score (nSPS) is 11.2. The number of rotatable bonds is 6. The molecule has 0 aliphatic rings. The highest BCUT2D eigenvalue weighted by Crippen LogP contribution is 2.17. The average molecular weight is 404 g/mol. The molecule has 0 amide bonds. The molecule has 7 heteroatoms. The van der Waals surface area contributed by atoms with Crippen molar-refractivity contribution in [3.8, 4) is 11.4 Å². The molecule has 154 valence electrons. The van der Waals surface area contributed by atoms with Gasteiger partial charge in [0.05, 0.1) is 19.1 Å². The minimum absolute atomic E-state index is 0.314. The van der Waals surface area contributed by atoms with Gasteiger partial charge in [-0.15, -0.1) is 0 Å². The molecule has 0 N–H and O–H groups in total. The van der Waals surface area contributed by atoms with Crippen LogP contribution in [0, 0.1) is 6.92 Å². The van der Waals surface area contributed by atoms with Crippen LogP contribution in [0.5, 0.6) is 5.75 Å². The van der Waals surface area contributed by atoms with Gasteiger partial charge in [-0.25, -0.2) is 14.3 Å². The summed E-state index contributed by atoms with van der Waals surface area (Å²) in [4.78, 5) is 30.9. The number of methoxy groups -OCH3 is 1. The molecule has 0 saturated heterocycles. The number of aromatic nitrogens is 4. The second-order valence-electron chi connectivity index (χ2n) is 7.30. The van der Waals surface area contributed by atoms with Crippen molar-refractivity contribution in [1.82, 2.24) is 18.7 Å². The van der Waals surface area contributed by atoms with Gasteiger partial charge in [0.15, 0.2) is 11.2 Å². The summed E-state index contributed by atoms with van der Waals surface area (Å²) in [5.74, 6) is 0.771. The molecule has 0 saturated carbocycles. The maximum atomic E-state index is 13.2. The van der Waals surface area contributed by atoms with Gasteiger partial charge in [0.25, 0.3) is 5.56 Å². The lowest BCUT2D eigenvalue weighted by atomic mass is 10.2. The molecule has 0 aliphatic heterocycles. The maximum Gasteiger partial charge on any atom is 0.337 e. The summed E-state index contributed by atoms with van der Waals surface area (Å²) in [6.45, 7) is 4.76. The van der Waals surface area contributed by atoms with Crippen molar-refractivity contribution < 1.29 is 4.74 Å². The Morgan fingerprint density at radius 1 is 1.00 bits per heavy atom. The largest absolute Gasteiger partial charge is 0.497 e. The van der Waals surface area contributed by atoms with Crippen LogP contribution in [0.2, 0.25) is 0 Å². The van der Waals surface area contributed by atoms with Crippen molar-refractivity contribution >= 4 is 11.2 Å². The summed E-state index contributed by atoms with van der Waals surface area (Å²) in [5.41, 5.74) is 2.89. The lowest BCUT2D eigenvalue weighted by Crippen LogP contribution is -2.40. The first-order valence-electron chi connectivity index (χ1n) is 9.94. The first-order valence-corrected chi connectivity index (χ1v) is 9.94. The lowest BCUT2D eigenvalue weighted by molar-refractivity contribution is 0.414. The summed E-state index contributed by atoms with van der Waals surface area (Å²) >= 11 is 0. The SMILES string of the molecule is CCCn1c(=O)c2c(ncn2Cc2ccc(OC)cc2)n(-c2ccc(C)cc2)c1=O. The molecule has 0 fully saturated rings. The molecule has 0 atom stereocenters. The van der Waals surface area contributed by atoms with E-state index in [1.807, 2.05) is 62.4 Å². The molecular formula is C23H24N4O3. The van der Waals surface area contributed by atoms with Crippen LogP contribution in [0.1, 0.15) is 24.5 Å². The van der Waals surface area contributed by atoms with Crippen LogP contribution in [-0.2, 0) is 13.1 Å². The fourth-order valence-corrected chi connectivity index (χ4v) is 3.57. The fraction of sp³-hybridized carbons (Fsp3) is 0.261. The molecule has 4 rings (SSSR count). The Balaban J connectivity index is 1.93. The number of hydrogen-bond acceptors (Lipinski definition) is 4. The molecule has 0 radical (unpaired) electrons. The van der Waals surface area contributed by atoms with E-state index in [9.17, 15) is 9.59 Å². The minimum Gasteiger partial charge on any atom is -0.497 e. The summed E-state index contributed by atoms with van der Waals surface area (Å²) in [5, 5.41) is 0. The van der Waals surface area contributed by atoms with Crippen LogP contribution in [0.4, 0.5) is 0 Å². The highest BCUT2D eigenvalue weighted by molar-refractivity contribution is 5.72. The highest BCUT2D eigenvalue weighted by Gasteiger charge is 2.19. The van der Waals surface area contributed by atoms with Crippen molar-refractivity contribution in [3.05, 3.63) is 86.8 Å². The molecular weight excluding hydrogens is 380 g/mol. The van der Waals surface area contributed by atoms with Gasteiger partial charge < -0.3 is 9.30 Å². The fourth-order valence-electron chi connectivity index (χ4n) is 3.57. The van der Waals surface area contributed by atoms with E-state index in [0.29, 0.717) is 36.4 Å². The third kappa shape index (κ3) is 3.43. The summed E-state index contributed by atoms with van der Waals surface area (Å²) in [6.07, 6.45) is 2.30. The lowest BCUT2D eigenvalue weighted by Gasteiger charge is -2.12. The molecule has 7 nitrogen and oxygen atoms in total. The quantitative estimate of drug-likeness (QED) is 0.495. The van der Waals surface area contributed by atoms with E-state index in [-0.39, 0.29) is 11.2 Å². The van der Waals surface area contributed by atoms with Gasteiger partial charge in [-0.3, -0.25) is 9.36 Å². The van der Waals surface area contributed by atoms with Gasteiger partial charge in [0.1, 0.15) is 5.75 Å². The summed E-state index contributed by atoms with van der Waals surface area (Å²) in [7, 11) is 1.62. The Hall–Kier alpha value is -3.61. The van der Waals surface area contributed by atoms with Gasteiger partial charge in [-0.2, -0.15) is 0 Å². The number of aryl methyl sites for hydroxylation is 1. The first kappa shape index (κ1) is 19.7. The Labute approximate surface area is 173 Å². The Kier molecular flexibility index (Phi) is 5.27. The number of benzene rings is 2. The predicted octanol–water partition coefficient (Wildman–Crippen LogP) is 3.12. The van der Waals surface area contributed by atoms with Crippen molar-refractivity contribution in [2.24, 2.45) is 0 Å². The molecule has 2 aromatic carbocycles. The van der Waals surface area contributed by atoms with E-state index >= 15 is 0 Å². The molecule has 0 aliphatic carbocycles. The molecule has 0 spiro atoms. The van der Waals surface area contributed by atoms with Crippen LogP contribution in [0.25, 0.3) is 16.9 Å². The van der Waals surface area contributed by atoms with E-state index in [4.69, 9.17) is 4.74 Å². The zero-order valence-electron chi connectivity index (χ0n) is 17.3. The van der Waals surface area contributed by atoms with Gasteiger partial charge in [-0.05, 0) is 43.2 Å². The van der Waals surface area contributed by atoms with Crippen molar-refractivity contribution in [3.63, 3.8) is 0 Å². The van der Waals surface area contributed by atoms with Crippen LogP contribution < -0.4 is 16.0 Å². The van der Waals surface area contributed by atoms with Crippen LogP contribution in [-0.4, -0.2) is 25.8 Å². The van der Waals surface area contributed by atoms with Gasteiger partial charge >= 0.3 is 5.69 Å². The van der Waals surface area contributed by atoms with Crippen molar-refractivity contribution in [1.29, 1.82) is 0 Å². The minimum atomic E-state index is -0.368. The van der Waals surface area contributed by atoms with Gasteiger partial charge in [0.2, 0.25) is 0 Å². The molecule has 4 aromatic rings. The second-order valence-corrected chi connectivity index (χ2v) is 7.30. The van der Waals surface area contributed by atoms with E-state index in [1.165, 1.54) is 9.13 Å². The third-order valence-corrected chi connectivity index (χ3v) is 5.15. The smallest absolute Gasteiger partial charge is 0.337 e. The van der Waals surface area contributed by atoms with Crippen molar-refractivity contribution in [2.45, 2.75) is 33.4 Å². The number of nitrogens with zero attached hydrogens (tertiary/aromatic N) is 4. The third-order valence-electron chi connectivity index (χ3n) is 5.15. The predicted molar refractivity (Wildman–Crippen MR) is 117 cm³/mol. The highest BCUT2D eigenvalue weighted by atomic mass is 16.5. The van der Waals surface area contributed by atoms with Gasteiger partial charge in [0, 0.05) is 13.1 Å².